The van der Waals surface area contributed by atoms with Crippen LogP contribution in [0.5, 0.6) is 5.75 Å². The highest BCUT2D eigenvalue weighted by atomic mass is 16.5. The molecule has 3 aromatic rings. The Balaban J connectivity index is 1.62. The molecule has 9 nitrogen and oxygen atoms in total. The summed E-state index contributed by atoms with van der Waals surface area (Å²) < 4.78 is 5.90. The molecule has 3 rings (SSSR count). The number of nitrogens with one attached hydrogen (secondary N) is 2. The molecule has 9 heteroatoms. The third kappa shape index (κ3) is 8.11. The van der Waals surface area contributed by atoms with E-state index in [0.29, 0.717) is 43.8 Å². The minimum Gasteiger partial charge on any atom is -0.492 e. The first-order valence-corrected chi connectivity index (χ1v) is 12.3. The molecule has 1 atom stereocenters. The van der Waals surface area contributed by atoms with Gasteiger partial charge in [0.25, 0.3) is 0 Å². The van der Waals surface area contributed by atoms with Gasteiger partial charge in [-0.2, -0.15) is 15.0 Å². The van der Waals surface area contributed by atoms with Crippen LogP contribution in [0.4, 0.5) is 23.5 Å². The van der Waals surface area contributed by atoms with E-state index in [1.165, 1.54) is 5.56 Å². The maximum absolute atomic E-state index is 11.3. The van der Waals surface area contributed by atoms with Crippen LogP contribution in [0, 0.1) is 12.8 Å². The molecule has 1 aromatic heterocycles. The van der Waals surface area contributed by atoms with Crippen molar-refractivity contribution in [2.24, 2.45) is 5.92 Å². The number of benzene rings is 2. The highest BCUT2D eigenvalue weighted by Crippen LogP contribution is 2.19. The molecule has 3 N–H and O–H groups in total. The van der Waals surface area contributed by atoms with Gasteiger partial charge in [-0.15, -0.1) is 0 Å². The van der Waals surface area contributed by atoms with Crippen LogP contribution in [0.3, 0.4) is 0 Å². The number of aryl methyl sites for hydroxylation is 1. The molecule has 1 unspecified atom stereocenters. The van der Waals surface area contributed by atoms with Crippen LogP contribution in [-0.4, -0.2) is 52.3 Å². The molecule has 1 heterocycles. The summed E-state index contributed by atoms with van der Waals surface area (Å²) in [5, 5.41) is 15.8. The molecular weight excluding hydrogens is 456 g/mol. The number of likely N-dealkylation sites (N-methyl/N-ethyl adjacent to an activating group) is 1. The Bertz CT molecular complexity index is 1120. The third-order valence-electron chi connectivity index (χ3n) is 5.63. The fourth-order valence-electron chi connectivity index (χ4n) is 3.49. The van der Waals surface area contributed by atoms with Crippen LogP contribution in [0.1, 0.15) is 38.3 Å². The molecule has 0 radical (unpaired) electrons. The Labute approximate surface area is 213 Å². The lowest BCUT2D eigenvalue weighted by Gasteiger charge is -2.19. The number of carboxylic acid groups (broad SMARTS) is 1. The quantitative estimate of drug-likeness (QED) is 0.306. The van der Waals surface area contributed by atoms with Crippen molar-refractivity contribution in [3.63, 3.8) is 0 Å². The monoisotopic (exact) mass is 492 g/mol. The smallest absolute Gasteiger partial charge is 0.306 e. The number of hydrogen-bond donors (Lipinski definition) is 3. The highest BCUT2D eigenvalue weighted by Gasteiger charge is 2.15. The minimum absolute atomic E-state index is 0.173. The van der Waals surface area contributed by atoms with Crippen molar-refractivity contribution in [1.29, 1.82) is 0 Å². The van der Waals surface area contributed by atoms with Crippen molar-refractivity contribution in [2.75, 3.05) is 35.7 Å². The molecule has 0 aliphatic carbocycles. The summed E-state index contributed by atoms with van der Waals surface area (Å²) in [7, 11) is 1.91. The van der Waals surface area contributed by atoms with E-state index in [9.17, 15) is 9.90 Å². The van der Waals surface area contributed by atoms with Gasteiger partial charge in [0.05, 0.1) is 12.5 Å². The lowest BCUT2D eigenvalue weighted by atomic mass is 9.97. The van der Waals surface area contributed by atoms with E-state index in [-0.39, 0.29) is 12.0 Å². The molecule has 0 saturated heterocycles. The van der Waals surface area contributed by atoms with Crippen molar-refractivity contribution >= 4 is 29.5 Å². The summed E-state index contributed by atoms with van der Waals surface area (Å²) in [5.74, 6) is 1.09. The topological polar surface area (TPSA) is 113 Å². The first kappa shape index (κ1) is 26.7. The number of aromatic nitrogens is 3. The molecule has 192 valence electrons. The van der Waals surface area contributed by atoms with E-state index in [1.54, 1.807) is 0 Å². The van der Waals surface area contributed by atoms with Crippen molar-refractivity contribution < 1.29 is 14.6 Å². The Kier molecular flexibility index (Phi) is 9.44. The lowest BCUT2D eigenvalue weighted by molar-refractivity contribution is -0.141. The van der Waals surface area contributed by atoms with Crippen molar-refractivity contribution in [3.05, 3.63) is 59.7 Å². The van der Waals surface area contributed by atoms with Gasteiger partial charge in [-0.3, -0.25) is 4.79 Å². The van der Waals surface area contributed by atoms with Crippen LogP contribution in [-0.2, 0) is 11.2 Å². The molecule has 0 bridgehead atoms. The van der Waals surface area contributed by atoms with E-state index >= 15 is 0 Å². The second-order valence-electron chi connectivity index (χ2n) is 9.13. The van der Waals surface area contributed by atoms with Crippen LogP contribution in [0.25, 0.3) is 0 Å². The van der Waals surface area contributed by atoms with Crippen LogP contribution >= 0.6 is 0 Å². The molecule has 2 aromatic carbocycles. The van der Waals surface area contributed by atoms with E-state index in [0.717, 1.165) is 17.0 Å². The van der Waals surface area contributed by atoms with E-state index < -0.39 is 5.97 Å². The molecular formula is C27H36N6O3. The molecule has 0 fully saturated rings. The second kappa shape index (κ2) is 12.7. The SMILES string of the molecule is CCC(Cc1ccc(OCCN(C)c2nc(Nc3ccc(C)cc3)nc(NC(C)C)n2)cc1)C(=O)O. The van der Waals surface area contributed by atoms with Gasteiger partial charge < -0.3 is 25.4 Å². The lowest BCUT2D eigenvalue weighted by Crippen LogP contribution is -2.27. The van der Waals surface area contributed by atoms with Gasteiger partial charge in [-0.1, -0.05) is 36.8 Å². The average Bonchev–Trinajstić information content (AvgIpc) is 2.84. The Morgan fingerprint density at radius 1 is 1.03 bits per heavy atom. The maximum Gasteiger partial charge on any atom is 0.306 e. The molecule has 0 saturated carbocycles. The predicted octanol–water partition coefficient (Wildman–Crippen LogP) is 4.91. The normalized spacial score (nSPS) is 11.7. The fourth-order valence-corrected chi connectivity index (χ4v) is 3.49. The van der Waals surface area contributed by atoms with Crippen molar-refractivity contribution in [1.82, 2.24) is 15.0 Å². The Morgan fingerprint density at radius 3 is 2.31 bits per heavy atom. The van der Waals surface area contributed by atoms with Gasteiger partial charge in [0, 0.05) is 18.8 Å². The predicted molar refractivity (Wildman–Crippen MR) is 143 cm³/mol. The van der Waals surface area contributed by atoms with Crippen molar-refractivity contribution in [2.45, 2.75) is 46.6 Å². The average molecular weight is 493 g/mol. The number of hydrogen-bond acceptors (Lipinski definition) is 8. The zero-order valence-corrected chi connectivity index (χ0v) is 21.7. The molecule has 0 aliphatic heterocycles. The molecule has 0 spiro atoms. The standard InChI is InChI=1S/C27H36N6O3/c1-6-21(24(34)35)17-20-9-13-23(14-10-20)36-16-15-33(5)27-31-25(28-18(2)3)30-26(32-27)29-22-11-7-19(4)8-12-22/h7-14,18,21H,6,15-17H2,1-5H3,(H,34,35)(H2,28,29,30,31,32). The fraction of sp³-hybridized carbons (Fsp3) is 0.407. The highest BCUT2D eigenvalue weighted by molar-refractivity contribution is 5.70. The van der Waals surface area contributed by atoms with E-state index in [2.05, 4.69) is 25.6 Å². The number of aliphatic carboxylic acids is 1. The second-order valence-corrected chi connectivity index (χ2v) is 9.13. The summed E-state index contributed by atoms with van der Waals surface area (Å²) in [6.45, 7) is 8.99. The van der Waals surface area contributed by atoms with Gasteiger partial charge in [0.1, 0.15) is 12.4 Å². The van der Waals surface area contributed by atoms with Gasteiger partial charge in [-0.25, -0.2) is 0 Å². The maximum atomic E-state index is 11.3. The molecule has 0 aliphatic rings. The molecule has 0 amide bonds. The van der Waals surface area contributed by atoms with Crippen LogP contribution < -0.4 is 20.3 Å². The number of nitrogens with zero attached hydrogens (tertiary/aromatic N) is 4. The van der Waals surface area contributed by atoms with E-state index in [1.807, 2.05) is 88.2 Å². The van der Waals surface area contributed by atoms with Crippen molar-refractivity contribution in [3.8, 4) is 5.75 Å². The van der Waals surface area contributed by atoms with Crippen LogP contribution in [0.2, 0.25) is 0 Å². The van der Waals surface area contributed by atoms with Gasteiger partial charge in [0.2, 0.25) is 17.8 Å². The largest absolute Gasteiger partial charge is 0.492 e. The summed E-state index contributed by atoms with van der Waals surface area (Å²) in [5.41, 5.74) is 3.06. The first-order valence-electron chi connectivity index (χ1n) is 12.3. The summed E-state index contributed by atoms with van der Waals surface area (Å²) in [6, 6.07) is 15.8. The zero-order valence-electron chi connectivity index (χ0n) is 21.7. The minimum atomic E-state index is -0.761. The van der Waals surface area contributed by atoms with Crippen LogP contribution in [0.15, 0.2) is 48.5 Å². The van der Waals surface area contributed by atoms with E-state index in [4.69, 9.17) is 4.74 Å². The molecule has 36 heavy (non-hydrogen) atoms. The third-order valence-corrected chi connectivity index (χ3v) is 5.63. The van der Waals surface area contributed by atoms with Gasteiger partial charge in [-0.05, 0) is 63.4 Å². The Morgan fingerprint density at radius 2 is 1.69 bits per heavy atom. The number of ether oxygens (including phenoxy) is 1. The summed E-state index contributed by atoms with van der Waals surface area (Å²) in [4.78, 5) is 26.9. The first-order chi connectivity index (χ1) is 17.2. The number of carboxylic acids is 1. The Hall–Kier alpha value is -3.88. The van der Waals surface area contributed by atoms with Gasteiger partial charge in [0.15, 0.2) is 0 Å². The number of carbonyl (C=O) groups is 1. The summed E-state index contributed by atoms with van der Waals surface area (Å²) >= 11 is 0. The van der Waals surface area contributed by atoms with Gasteiger partial charge >= 0.3 is 5.97 Å². The number of anilines is 4. The zero-order chi connectivity index (χ0) is 26.1. The summed E-state index contributed by atoms with van der Waals surface area (Å²) in [6.07, 6.45) is 1.12. The number of rotatable bonds is 13.